The van der Waals surface area contributed by atoms with E-state index >= 15 is 0 Å². The lowest BCUT2D eigenvalue weighted by Crippen LogP contribution is -2.46. The summed E-state index contributed by atoms with van der Waals surface area (Å²) < 4.78 is 15.0. The molecular weight excluding hydrogens is 407 g/mol. The molecule has 3 heterocycles. The zero-order chi connectivity index (χ0) is 21.4. The largest absolute Gasteiger partial charge is 0.320 e. The molecule has 4 aromatic rings. The average Bonchev–Trinajstić information content (AvgIpc) is 3.24. The smallest absolute Gasteiger partial charge is 0.126 e. The van der Waals surface area contributed by atoms with E-state index in [1.807, 2.05) is 29.8 Å². The maximum absolute atomic E-state index is 13.9. The van der Waals surface area contributed by atoms with E-state index in [1.54, 1.807) is 36.7 Å². The van der Waals surface area contributed by atoms with E-state index in [0.29, 0.717) is 18.5 Å². The molecule has 2 aromatic carbocycles. The van der Waals surface area contributed by atoms with Gasteiger partial charge in [-0.2, -0.15) is 0 Å². The van der Waals surface area contributed by atoms with Crippen molar-refractivity contribution >= 4 is 32.8 Å². The Bertz CT molecular complexity index is 1330. The summed E-state index contributed by atoms with van der Waals surface area (Å²) in [5, 5.41) is 0. The summed E-state index contributed by atoms with van der Waals surface area (Å²) in [5.74, 6) is -0.220. The normalized spacial score (nSPS) is 18.7. The minimum atomic E-state index is -0.627. The molecule has 0 aliphatic carbocycles. The number of halogens is 1. The summed E-state index contributed by atoms with van der Waals surface area (Å²) >= 11 is 1.60. The van der Waals surface area contributed by atoms with Gasteiger partial charge in [0.25, 0.3) is 0 Å². The van der Waals surface area contributed by atoms with Crippen LogP contribution in [0.2, 0.25) is 0 Å². The first-order chi connectivity index (χ1) is 15.0. The van der Waals surface area contributed by atoms with Crippen LogP contribution in [0.4, 0.5) is 4.39 Å². The number of hydrogen-bond acceptors (Lipinski definition) is 5. The van der Waals surface area contributed by atoms with Crippen molar-refractivity contribution in [1.82, 2.24) is 9.97 Å². The van der Waals surface area contributed by atoms with E-state index in [9.17, 15) is 4.39 Å². The van der Waals surface area contributed by atoms with Crippen LogP contribution in [-0.2, 0) is 6.42 Å². The Morgan fingerprint density at radius 3 is 2.68 bits per heavy atom. The quantitative estimate of drug-likeness (QED) is 0.499. The van der Waals surface area contributed by atoms with Crippen LogP contribution >= 0.6 is 11.3 Å². The highest BCUT2D eigenvalue weighted by atomic mass is 32.1. The number of thiazole rings is 1. The second kappa shape index (κ2) is 7.80. The van der Waals surface area contributed by atoms with Gasteiger partial charge in [0.05, 0.1) is 33.5 Å². The molecule has 0 radical (unpaired) electrons. The van der Waals surface area contributed by atoms with Gasteiger partial charge in [-0.05, 0) is 72.5 Å². The highest BCUT2D eigenvalue weighted by Gasteiger charge is 2.30. The van der Waals surface area contributed by atoms with E-state index < -0.39 is 5.54 Å². The van der Waals surface area contributed by atoms with Gasteiger partial charge in [-0.15, -0.1) is 11.3 Å². The Balaban J connectivity index is 1.62. The lowest BCUT2D eigenvalue weighted by atomic mass is 9.83. The first-order valence-electron chi connectivity index (χ1n) is 10.1. The molecule has 1 unspecified atom stereocenters. The topological polar surface area (TPSA) is 64.2 Å². The third-order valence-electron chi connectivity index (χ3n) is 5.57. The number of allylic oxidation sites excluding steroid dienone is 1. The van der Waals surface area contributed by atoms with Crippen LogP contribution in [0.3, 0.4) is 0 Å². The van der Waals surface area contributed by atoms with Crippen LogP contribution in [0.5, 0.6) is 0 Å². The van der Waals surface area contributed by atoms with E-state index in [-0.39, 0.29) is 5.82 Å². The summed E-state index contributed by atoms with van der Waals surface area (Å²) in [6.45, 7) is 2.22. The summed E-state index contributed by atoms with van der Waals surface area (Å²) in [5.41, 5.74) is 14.4. The van der Waals surface area contributed by atoms with Crippen LogP contribution in [0.1, 0.15) is 22.3 Å². The van der Waals surface area contributed by atoms with E-state index in [2.05, 4.69) is 28.2 Å². The monoisotopic (exact) mass is 428 g/mol. The molecule has 6 heteroatoms. The average molecular weight is 429 g/mol. The third-order valence-corrected chi connectivity index (χ3v) is 6.37. The number of aromatic nitrogens is 2. The maximum atomic E-state index is 13.9. The first-order valence-corrected chi connectivity index (χ1v) is 10.9. The Hall–Kier alpha value is -3.22. The number of nitrogens with two attached hydrogens (primary N) is 1. The second-order valence-electron chi connectivity index (χ2n) is 7.99. The lowest BCUT2D eigenvalue weighted by Gasteiger charge is -2.31. The van der Waals surface area contributed by atoms with Crippen LogP contribution in [0.15, 0.2) is 77.5 Å². The van der Waals surface area contributed by atoms with Gasteiger partial charge in [0.2, 0.25) is 0 Å². The Kier molecular flexibility index (Phi) is 4.96. The fraction of sp³-hybridized carbons (Fsp3) is 0.160. The van der Waals surface area contributed by atoms with Crippen molar-refractivity contribution in [2.45, 2.75) is 18.9 Å². The molecule has 2 N–H and O–H groups in total. The molecule has 0 fully saturated rings. The summed E-state index contributed by atoms with van der Waals surface area (Å²) in [4.78, 5) is 13.4. The van der Waals surface area contributed by atoms with Gasteiger partial charge in [0.1, 0.15) is 5.82 Å². The van der Waals surface area contributed by atoms with Crippen molar-refractivity contribution in [3.63, 3.8) is 0 Å². The van der Waals surface area contributed by atoms with Gasteiger partial charge in [-0.25, -0.2) is 9.37 Å². The number of pyridine rings is 1. The highest BCUT2D eigenvalue weighted by molar-refractivity contribution is 7.16. The van der Waals surface area contributed by atoms with Crippen molar-refractivity contribution in [2.24, 2.45) is 10.7 Å². The molecule has 0 saturated carbocycles. The number of aryl methyl sites for hydroxylation is 1. The number of hydrogen-bond donors (Lipinski definition) is 1. The van der Waals surface area contributed by atoms with Gasteiger partial charge in [-0.3, -0.25) is 9.98 Å². The van der Waals surface area contributed by atoms with Crippen molar-refractivity contribution in [1.29, 1.82) is 0 Å². The van der Waals surface area contributed by atoms with Crippen LogP contribution in [0, 0.1) is 12.7 Å². The van der Waals surface area contributed by atoms with Gasteiger partial charge in [-0.1, -0.05) is 12.1 Å². The van der Waals surface area contributed by atoms with Gasteiger partial charge >= 0.3 is 0 Å². The predicted octanol–water partition coefficient (Wildman–Crippen LogP) is 4.97. The van der Waals surface area contributed by atoms with Crippen molar-refractivity contribution in [3.05, 3.63) is 101 Å². The molecule has 1 aliphatic rings. The number of benzene rings is 2. The zero-order valence-electron chi connectivity index (χ0n) is 17.0. The number of fused-ring (bicyclic) bond motifs is 1. The molecule has 1 atom stereocenters. The van der Waals surface area contributed by atoms with Crippen molar-refractivity contribution in [3.8, 4) is 0 Å². The van der Waals surface area contributed by atoms with Crippen LogP contribution < -0.4 is 5.73 Å². The Morgan fingerprint density at radius 1 is 1.06 bits per heavy atom. The molecule has 31 heavy (non-hydrogen) atoms. The molecule has 5 rings (SSSR count). The summed E-state index contributed by atoms with van der Waals surface area (Å²) in [6.07, 6.45) is 6.33. The predicted molar refractivity (Wildman–Crippen MR) is 125 cm³/mol. The highest BCUT2D eigenvalue weighted by Crippen LogP contribution is 2.32. The fourth-order valence-corrected chi connectivity index (χ4v) is 4.70. The SMILES string of the molecule is Cc1cc(C2=NCC(N)(Cc3ccncc3)C=C2c2ccc3ncsc3c2)ccc1F. The molecule has 0 amide bonds. The fourth-order valence-electron chi connectivity index (χ4n) is 3.98. The molecule has 0 spiro atoms. The van der Waals surface area contributed by atoms with Crippen molar-refractivity contribution in [2.75, 3.05) is 6.54 Å². The van der Waals surface area contributed by atoms with Gasteiger partial charge < -0.3 is 5.73 Å². The van der Waals surface area contributed by atoms with Crippen molar-refractivity contribution < 1.29 is 4.39 Å². The minimum absolute atomic E-state index is 0.220. The van der Waals surface area contributed by atoms with Gasteiger partial charge in [0.15, 0.2) is 0 Å². The molecule has 0 bridgehead atoms. The molecule has 1 aliphatic heterocycles. The van der Waals surface area contributed by atoms with E-state index in [0.717, 1.165) is 38.2 Å². The third kappa shape index (κ3) is 3.92. The summed E-state index contributed by atoms with van der Waals surface area (Å²) in [7, 11) is 0. The van der Waals surface area contributed by atoms with Gasteiger partial charge in [0, 0.05) is 23.5 Å². The molecule has 2 aromatic heterocycles. The minimum Gasteiger partial charge on any atom is -0.320 e. The van der Waals surface area contributed by atoms with Crippen LogP contribution in [0.25, 0.3) is 15.8 Å². The van der Waals surface area contributed by atoms with E-state index in [1.165, 1.54) is 6.07 Å². The Labute approximate surface area is 184 Å². The molecule has 0 saturated heterocycles. The summed E-state index contributed by atoms with van der Waals surface area (Å²) in [6, 6.07) is 15.3. The standard InChI is InChI=1S/C25H21FN4S/c1-16-10-19(2-4-21(16)26)24-20(18-3-5-22-23(11-18)31-15-30-22)13-25(27,14-29-24)12-17-6-8-28-9-7-17/h2-11,13,15H,12,14,27H2,1H3. The van der Waals surface area contributed by atoms with Crippen LogP contribution in [-0.4, -0.2) is 27.8 Å². The molecule has 4 nitrogen and oxygen atoms in total. The lowest BCUT2D eigenvalue weighted by molar-refractivity contribution is 0.535. The number of aliphatic imine (C=N–C) groups is 1. The Morgan fingerprint density at radius 2 is 1.87 bits per heavy atom. The molecular formula is C25H21FN4S. The second-order valence-corrected chi connectivity index (χ2v) is 8.87. The maximum Gasteiger partial charge on any atom is 0.126 e. The number of nitrogens with zero attached hydrogens (tertiary/aromatic N) is 3. The number of rotatable bonds is 4. The van der Waals surface area contributed by atoms with E-state index in [4.69, 9.17) is 10.7 Å². The first kappa shape index (κ1) is 19.7. The zero-order valence-corrected chi connectivity index (χ0v) is 17.9. The number of dihydropyridines is 1. The molecule has 154 valence electrons.